The molecule has 0 fully saturated rings. The molecule has 0 bridgehead atoms. The van der Waals surface area contributed by atoms with Gasteiger partial charge in [-0.15, -0.1) is 0 Å². The molecule has 0 saturated heterocycles. The predicted molar refractivity (Wildman–Crippen MR) is 72.4 cm³/mol. The molecule has 19 heavy (non-hydrogen) atoms. The lowest BCUT2D eigenvalue weighted by Gasteiger charge is -2.19. The molecule has 3 rings (SSSR count). The van der Waals surface area contributed by atoms with Crippen LogP contribution in [-0.2, 0) is 5.54 Å². The van der Waals surface area contributed by atoms with E-state index in [1.165, 1.54) is 6.33 Å². The molecule has 3 heterocycles. The van der Waals surface area contributed by atoms with Gasteiger partial charge in [0, 0.05) is 5.56 Å². The molecule has 0 saturated carbocycles. The highest BCUT2D eigenvalue weighted by Crippen LogP contribution is 2.32. The Morgan fingerprint density at radius 2 is 2.05 bits per heavy atom. The van der Waals surface area contributed by atoms with Crippen molar-refractivity contribution in [2.45, 2.75) is 26.3 Å². The number of hydrogen-bond acceptors (Lipinski definition) is 5. The van der Waals surface area contributed by atoms with Crippen LogP contribution in [0.1, 0.15) is 20.8 Å². The van der Waals surface area contributed by atoms with E-state index in [0.29, 0.717) is 5.82 Å². The summed E-state index contributed by atoms with van der Waals surface area (Å²) in [4.78, 5) is 8.37. The first-order chi connectivity index (χ1) is 8.98. The van der Waals surface area contributed by atoms with Crippen molar-refractivity contribution in [2.75, 3.05) is 5.73 Å². The van der Waals surface area contributed by atoms with E-state index < -0.39 is 0 Å². The molecule has 3 aromatic rings. The predicted octanol–water partition coefficient (Wildman–Crippen LogP) is 2.42. The Morgan fingerprint density at radius 3 is 2.68 bits per heavy atom. The van der Waals surface area contributed by atoms with Crippen LogP contribution in [0.4, 0.5) is 5.82 Å². The first-order valence-corrected chi connectivity index (χ1v) is 6.01. The van der Waals surface area contributed by atoms with Crippen LogP contribution >= 0.6 is 0 Å². The van der Waals surface area contributed by atoms with E-state index in [1.54, 1.807) is 12.5 Å². The van der Waals surface area contributed by atoms with Gasteiger partial charge in [-0.3, -0.25) is 0 Å². The summed E-state index contributed by atoms with van der Waals surface area (Å²) in [6.07, 6.45) is 4.71. The molecule has 0 aliphatic carbocycles. The van der Waals surface area contributed by atoms with Crippen molar-refractivity contribution < 1.29 is 4.42 Å². The van der Waals surface area contributed by atoms with E-state index in [0.717, 1.165) is 22.3 Å². The second-order valence-electron chi connectivity index (χ2n) is 5.40. The van der Waals surface area contributed by atoms with Crippen molar-refractivity contribution in [3.8, 4) is 11.3 Å². The largest absolute Gasteiger partial charge is 0.472 e. The van der Waals surface area contributed by atoms with Crippen molar-refractivity contribution in [1.82, 2.24) is 19.7 Å². The van der Waals surface area contributed by atoms with Crippen LogP contribution in [-0.4, -0.2) is 19.7 Å². The number of nitrogens with two attached hydrogens (primary N) is 1. The molecule has 6 heteroatoms. The Kier molecular flexibility index (Phi) is 2.35. The van der Waals surface area contributed by atoms with E-state index in [-0.39, 0.29) is 5.54 Å². The zero-order chi connectivity index (χ0) is 13.6. The molecule has 0 spiro atoms. The number of furan rings is 1. The highest BCUT2D eigenvalue weighted by Gasteiger charge is 2.23. The van der Waals surface area contributed by atoms with Crippen LogP contribution < -0.4 is 5.73 Å². The van der Waals surface area contributed by atoms with Gasteiger partial charge < -0.3 is 10.2 Å². The lowest BCUT2D eigenvalue weighted by Crippen LogP contribution is -2.23. The highest BCUT2D eigenvalue weighted by atomic mass is 16.3. The fourth-order valence-corrected chi connectivity index (χ4v) is 2.04. The third kappa shape index (κ3) is 1.76. The van der Waals surface area contributed by atoms with Crippen LogP contribution in [0.15, 0.2) is 29.3 Å². The van der Waals surface area contributed by atoms with Gasteiger partial charge in [0.1, 0.15) is 17.8 Å². The maximum atomic E-state index is 5.98. The van der Waals surface area contributed by atoms with Crippen molar-refractivity contribution in [3.05, 3.63) is 24.9 Å². The molecule has 0 aromatic carbocycles. The molecular formula is C13H15N5O. The van der Waals surface area contributed by atoms with Crippen LogP contribution in [0.2, 0.25) is 0 Å². The average molecular weight is 257 g/mol. The Bertz CT molecular complexity index is 721. The number of aromatic nitrogens is 4. The normalized spacial score (nSPS) is 12.2. The summed E-state index contributed by atoms with van der Waals surface area (Å²) in [6.45, 7) is 6.20. The second-order valence-corrected chi connectivity index (χ2v) is 5.40. The van der Waals surface area contributed by atoms with Crippen molar-refractivity contribution in [1.29, 1.82) is 0 Å². The lowest BCUT2D eigenvalue weighted by atomic mass is 10.1. The zero-order valence-electron chi connectivity index (χ0n) is 11.1. The Labute approximate surface area is 110 Å². The molecule has 6 nitrogen and oxygen atoms in total. The van der Waals surface area contributed by atoms with Gasteiger partial charge in [0.15, 0.2) is 5.65 Å². The first-order valence-electron chi connectivity index (χ1n) is 6.01. The van der Waals surface area contributed by atoms with E-state index in [1.807, 2.05) is 10.7 Å². The van der Waals surface area contributed by atoms with Gasteiger partial charge in [-0.2, -0.15) is 5.10 Å². The van der Waals surface area contributed by atoms with Gasteiger partial charge in [0.05, 0.1) is 23.5 Å². The monoisotopic (exact) mass is 257 g/mol. The van der Waals surface area contributed by atoms with Gasteiger partial charge in [0.2, 0.25) is 0 Å². The highest BCUT2D eigenvalue weighted by molar-refractivity contribution is 5.98. The maximum Gasteiger partial charge on any atom is 0.164 e. The number of rotatable bonds is 1. The standard InChI is InChI=1S/C13H15N5O/c1-13(2,3)18-12-9(11(14)15-7-16-12)10(17-18)8-4-5-19-6-8/h4-7H,1-3H3,(H2,14,15,16). The number of nitrogen functional groups attached to an aromatic ring is 1. The van der Waals surface area contributed by atoms with E-state index in [2.05, 4.69) is 35.8 Å². The molecule has 0 aliphatic rings. The van der Waals surface area contributed by atoms with Crippen molar-refractivity contribution >= 4 is 16.9 Å². The topological polar surface area (TPSA) is 82.8 Å². The fraction of sp³-hybridized carbons (Fsp3) is 0.308. The molecular weight excluding hydrogens is 242 g/mol. The minimum atomic E-state index is -0.193. The number of anilines is 1. The molecule has 0 unspecified atom stereocenters. The molecule has 0 atom stereocenters. The van der Waals surface area contributed by atoms with Crippen molar-refractivity contribution in [2.24, 2.45) is 0 Å². The third-order valence-electron chi connectivity index (χ3n) is 2.92. The lowest BCUT2D eigenvalue weighted by molar-refractivity contribution is 0.366. The van der Waals surface area contributed by atoms with Crippen molar-refractivity contribution in [3.63, 3.8) is 0 Å². The molecule has 2 N–H and O–H groups in total. The Hall–Kier alpha value is -2.37. The SMILES string of the molecule is CC(C)(C)n1nc(-c2ccoc2)c2c(N)ncnc21. The minimum absolute atomic E-state index is 0.193. The molecule has 0 amide bonds. The Morgan fingerprint density at radius 1 is 1.26 bits per heavy atom. The average Bonchev–Trinajstić information content (AvgIpc) is 2.94. The van der Waals surface area contributed by atoms with E-state index in [9.17, 15) is 0 Å². The first kappa shape index (κ1) is 11.7. The second kappa shape index (κ2) is 3.81. The molecule has 0 aliphatic heterocycles. The Balaban J connectivity index is 2.41. The van der Waals surface area contributed by atoms with Gasteiger partial charge in [0.25, 0.3) is 0 Å². The minimum Gasteiger partial charge on any atom is -0.472 e. The summed E-state index contributed by atoms with van der Waals surface area (Å²) in [5.41, 5.74) is 8.14. The summed E-state index contributed by atoms with van der Waals surface area (Å²) in [5.74, 6) is 0.428. The summed E-state index contributed by atoms with van der Waals surface area (Å²) in [5, 5.41) is 5.40. The molecule has 0 radical (unpaired) electrons. The number of nitrogens with zero attached hydrogens (tertiary/aromatic N) is 4. The van der Waals surface area contributed by atoms with E-state index >= 15 is 0 Å². The van der Waals surface area contributed by atoms with Gasteiger partial charge in [-0.1, -0.05) is 0 Å². The van der Waals surface area contributed by atoms with Crippen LogP contribution in [0.25, 0.3) is 22.3 Å². The van der Waals surface area contributed by atoms with Crippen LogP contribution in [0, 0.1) is 0 Å². The van der Waals surface area contributed by atoms with Crippen LogP contribution in [0.5, 0.6) is 0 Å². The smallest absolute Gasteiger partial charge is 0.164 e. The quantitative estimate of drug-likeness (QED) is 0.723. The molecule has 3 aromatic heterocycles. The van der Waals surface area contributed by atoms with Crippen LogP contribution in [0.3, 0.4) is 0 Å². The summed E-state index contributed by atoms with van der Waals surface area (Å²) in [6, 6.07) is 1.85. The van der Waals surface area contributed by atoms with Gasteiger partial charge >= 0.3 is 0 Å². The summed E-state index contributed by atoms with van der Waals surface area (Å²) < 4.78 is 6.99. The molecule has 98 valence electrons. The van der Waals surface area contributed by atoms with E-state index in [4.69, 9.17) is 10.2 Å². The number of hydrogen-bond donors (Lipinski definition) is 1. The maximum absolute atomic E-state index is 5.98. The third-order valence-corrected chi connectivity index (χ3v) is 2.92. The zero-order valence-corrected chi connectivity index (χ0v) is 11.1. The van der Waals surface area contributed by atoms with Gasteiger partial charge in [-0.25, -0.2) is 14.6 Å². The summed E-state index contributed by atoms with van der Waals surface area (Å²) in [7, 11) is 0. The summed E-state index contributed by atoms with van der Waals surface area (Å²) >= 11 is 0. The fourth-order valence-electron chi connectivity index (χ4n) is 2.04. The number of fused-ring (bicyclic) bond motifs is 1. The van der Waals surface area contributed by atoms with Gasteiger partial charge in [-0.05, 0) is 26.8 Å².